The molecule has 0 amide bonds. The minimum atomic E-state index is 0.500. The predicted octanol–water partition coefficient (Wildman–Crippen LogP) is 2.23. The van der Waals surface area contributed by atoms with Gasteiger partial charge in [0.15, 0.2) is 0 Å². The highest BCUT2D eigenvalue weighted by molar-refractivity contribution is 5.80. The Labute approximate surface area is 86.7 Å². The van der Waals surface area contributed by atoms with Crippen LogP contribution in [0.5, 0.6) is 0 Å². The number of hydrogen-bond donors (Lipinski definition) is 0. The predicted molar refractivity (Wildman–Crippen MR) is 57.2 cm³/mol. The maximum atomic E-state index is 11.5. The van der Waals surface area contributed by atoms with Crippen LogP contribution in [0.15, 0.2) is 0 Å². The first-order chi connectivity index (χ1) is 6.66. The highest BCUT2D eigenvalue weighted by atomic mass is 16.1. The van der Waals surface area contributed by atoms with Gasteiger partial charge in [-0.25, -0.2) is 0 Å². The van der Waals surface area contributed by atoms with Gasteiger partial charge in [-0.05, 0) is 18.8 Å². The quantitative estimate of drug-likeness (QED) is 0.673. The fraction of sp³-hybridized carbons (Fsp3) is 0.917. The maximum Gasteiger partial charge on any atom is 0.136 e. The Bertz CT molecular complexity index is 208. The zero-order valence-electron chi connectivity index (χ0n) is 9.33. The van der Waals surface area contributed by atoms with Gasteiger partial charge in [0.1, 0.15) is 5.78 Å². The van der Waals surface area contributed by atoms with Gasteiger partial charge in [-0.1, -0.05) is 20.3 Å². The second-order valence-corrected chi connectivity index (χ2v) is 5.28. The molecule has 14 heavy (non-hydrogen) atoms. The number of carbonyl (C=O) groups excluding carboxylic acids is 1. The van der Waals surface area contributed by atoms with Crippen molar-refractivity contribution in [3.8, 4) is 0 Å². The van der Waals surface area contributed by atoms with Gasteiger partial charge >= 0.3 is 0 Å². The largest absolute Gasteiger partial charge is 0.300 e. The number of nitrogens with zero attached hydrogens (tertiary/aromatic N) is 1. The van der Waals surface area contributed by atoms with E-state index in [0.717, 1.165) is 18.8 Å². The van der Waals surface area contributed by atoms with Crippen molar-refractivity contribution < 1.29 is 4.79 Å². The summed E-state index contributed by atoms with van der Waals surface area (Å²) < 4.78 is 0. The average Bonchev–Trinajstić information content (AvgIpc) is 2.05. The topological polar surface area (TPSA) is 20.3 Å². The maximum absolute atomic E-state index is 11.5. The molecule has 2 saturated heterocycles. The molecule has 0 aromatic carbocycles. The third-order valence-corrected chi connectivity index (χ3v) is 3.52. The second-order valence-electron chi connectivity index (χ2n) is 5.28. The molecule has 2 heteroatoms. The van der Waals surface area contributed by atoms with Gasteiger partial charge in [0.05, 0.1) is 0 Å². The molecule has 0 aromatic heterocycles. The van der Waals surface area contributed by atoms with Crippen LogP contribution in [-0.4, -0.2) is 29.3 Å². The number of hydrogen-bond acceptors (Lipinski definition) is 2. The number of Topliss-reactive ketones (excluding diaryl/α,β-unsaturated/α-hetero) is 1. The molecule has 0 N–H and O–H groups in total. The first-order valence-electron chi connectivity index (χ1n) is 5.94. The molecule has 2 heterocycles. The van der Waals surface area contributed by atoms with Crippen LogP contribution >= 0.6 is 0 Å². The molecular formula is C12H21NO. The van der Waals surface area contributed by atoms with Crippen LogP contribution in [0.2, 0.25) is 0 Å². The highest BCUT2D eigenvalue weighted by Crippen LogP contribution is 2.32. The van der Waals surface area contributed by atoms with Crippen molar-refractivity contribution in [3.05, 3.63) is 0 Å². The van der Waals surface area contributed by atoms with E-state index in [1.807, 2.05) is 0 Å². The Hall–Kier alpha value is -0.370. The molecule has 0 spiro atoms. The minimum absolute atomic E-state index is 0.500. The summed E-state index contributed by atoms with van der Waals surface area (Å²) in [5.74, 6) is 1.23. The lowest BCUT2D eigenvalue weighted by molar-refractivity contribution is -0.127. The van der Waals surface area contributed by atoms with E-state index < -0.39 is 0 Å². The van der Waals surface area contributed by atoms with Crippen molar-refractivity contribution >= 4 is 5.78 Å². The standard InChI is InChI=1S/C12H21NO/c1-9(2)8-13-10-4-3-5-11(13)7-12(14)6-10/h9-11H,3-8H2,1-2H3. The molecule has 80 valence electrons. The van der Waals surface area contributed by atoms with E-state index in [1.165, 1.54) is 25.8 Å². The van der Waals surface area contributed by atoms with E-state index in [-0.39, 0.29) is 0 Å². The molecule has 0 aliphatic carbocycles. The summed E-state index contributed by atoms with van der Waals surface area (Å²) in [4.78, 5) is 14.1. The number of carbonyl (C=O) groups is 1. The van der Waals surface area contributed by atoms with Crippen LogP contribution in [-0.2, 0) is 4.79 Å². The summed E-state index contributed by atoms with van der Waals surface area (Å²) in [7, 11) is 0. The summed E-state index contributed by atoms with van der Waals surface area (Å²) in [5, 5.41) is 0. The van der Waals surface area contributed by atoms with Gasteiger partial charge in [-0.3, -0.25) is 9.69 Å². The van der Waals surface area contributed by atoms with Crippen LogP contribution < -0.4 is 0 Å². The number of ketones is 1. The van der Waals surface area contributed by atoms with Crippen molar-refractivity contribution in [2.24, 2.45) is 5.92 Å². The van der Waals surface area contributed by atoms with Crippen molar-refractivity contribution in [2.75, 3.05) is 6.54 Å². The normalized spacial score (nSPS) is 33.8. The Morgan fingerprint density at radius 2 is 1.86 bits per heavy atom. The Morgan fingerprint density at radius 1 is 1.29 bits per heavy atom. The molecule has 0 aromatic rings. The number of rotatable bonds is 2. The Morgan fingerprint density at radius 3 is 2.36 bits per heavy atom. The molecule has 2 rings (SSSR count). The van der Waals surface area contributed by atoms with Crippen LogP contribution in [0.1, 0.15) is 46.0 Å². The second kappa shape index (κ2) is 4.01. The lowest BCUT2D eigenvalue weighted by Crippen LogP contribution is -2.53. The van der Waals surface area contributed by atoms with Gasteiger partial charge < -0.3 is 0 Å². The van der Waals surface area contributed by atoms with Gasteiger partial charge in [0.2, 0.25) is 0 Å². The smallest absolute Gasteiger partial charge is 0.136 e. The third kappa shape index (κ3) is 2.00. The van der Waals surface area contributed by atoms with Crippen LogP contribution in [0, 0.1) is 5.92 Å². The van der Waals surface area contributed by atoms with Gasteiger partial charge in [-0.15, -0.1) is 0 Å². The highest BCUT2D eigenvalue weighted by Gasteiger charge is 2.37. The lowest BCUT2D eigenvalue weighted by Gasteiger charge is -2.46. The summed E-state index contributed by atoms with van der Waals surface area (Å²) >= 11 is 0. The van der Waals surface area contributed by atoms with E-state index >= 15 is 0 Å². The molecule has 2 fully saturated rings. The minimum Gasteiger partial charge on any atom is -0.300 e. The molecule has 2 aliphatic heterocycles. The zero-order valence-corrected chi connectivity index (χ0v) is 9.33. The number of fused-ring (bicyclic) bond motifs is 2. The number of piperidine rings is 2. The SMILES string of the molecule is CC(C)CN1C2CCCC1CC(=O)C2. The summed E-state index contributed by atoms with van der Waals surface area (Å²) in [6, 6.07) is 1.16. The monoisotopic (exact) mass is 195 g/mol. The average molecular weight is 195 g/mol. The molecule has 0 radical (unpaired) electrons. The van der Waals surface area contributed by atoms with Gasteiger partial charge in [0.25, 0.3) is 0 Å². The molecule has 2 atom stereocenters. The molecule has 2 unspecified atom stereocenters. The summed E-state index contributed by atoms with van der Waals surface area (Å²) in [5.41, 5.74) is 0. The van der Waals surface area contributed by atoms with Gasteiger partial charge in [0, 0.05) is 31.5 Å². The van der Waals surface area contributed by atoms with Crippen molar-refractivity contribution in [3.63, 3.8) is 0 Å². The van der Waals surface area contributed by atoms with Crippen LogP contribution in [0.3, 0.4) is 0 Å². The first-order valence-corrected chi connectivity index (χ1v) is 5.94. The molecule has 2 aliphatic rings. The third-order valence-electron chi connectivity index (χ3n) is 3.52. The Balaban J connectivity index is 2.05. The Kier molecular flexibility index (Phi) is 2.91. The van der Waals surface area contributed by atoms with Crippen molar-refractivity contribution in [2.45, 2.75) is 58.0 Å². The van der Waals surface area contributed by atoms with Crippen LogP contribution in [0.25, 0.3) is 0 Å². The molecule has 0 saturated carbocycles. The molecular weight excluding hydrogens is 174 g/mol. The fourth-order valence-electron chi connectivity index (χ4n) is 2.99. The van der Waals surface area contributed by atoms with E-state index in [1.54, 1.807) is 0 Å². The summed E-state index contributed by atoms with van der Waals surface area (Å²) in [6.45, 7) is 5.72. The van der Waals surface area contributed by atoms with E-state index in [2.05, 4.69) is 18.7 Å². The first kappa shape index (κ1) is 10.2. The van der Waals surface area contributed by atoms with Crippen LogP contribution in [0.4, 0.5) is 0 Å². The van der Waals surface area contributed by atoms with Crippen molar-refractivity contribution in [1.82, 2.24) is 4.90 Å². The molecule has 2 bridgehead atoms. The van der Waals surface area contributed by atoms with Crippen molar-refractivity contribution in [1.29, 1.82) is 0 Å². The van der Waals surface area contributed by atoms with Gasteiger partial charge in [-0.2, -0.15) is 0 Å². The van der Waals surface area contributed by atoms with E-state index in [9.17, 15) is 4.79 Å². The van der Waals surface area contributed by atoms with E-state index in [0.29, 0.717) is 17.9 Å². The molecule has 2 nitrogen and oxygen atoms in total. The fourth-order valence-corrected chi connectivity index (χ4v) is 2.99. The van der Waals surface area contributed by atoms with E-state index in [4.69, 9.17) is 0 Å². The lowest BCUT2D eigenvalue weighted by atomic mass is 9.83. The zero-order chi connectivity index (χ0) is 10.1. The summed E-state index contributed by atoms with van der Waals surface area (Å²) in [6.07, 6.45) is 5.47.